The Morgan fingerprint density at radius 1 is 1.25 bits per heavy atom. The van der Waals surface area contributed by atoms with Crippen LogP contribution in [0.15, 0.2) is 24.5 Å². The van der Waals surface area contributed by atoms with Crippen molar-refractivity contribution < 1.29 is 4.79 Å². The highest BCUT2D eigenvalue weighted by Gasteiger charge is 2.39. The second-order valence-corrected chi connectivity index (χ2v) is 5.60. The molecule has 1 N–H and O–H groups in total. The minimum atomic E-state index is -0.0117. The molecule has 104 valence electrons. The van der Waals surface area contributed by atoms with E-state index in [2.05, 4.69) is 15.4 Å². The smallest absolute Gasteiger partial charge is 0.321 e. The van der Waals surface area contributed by atoms with Crippen LogP contribution in [0.3, 0.4) is 0 Å². The number of fused-ring (bicyclic) bond motifs is 2. The average Bonchev–Trinajstić information content (AvgIpc) is 3.14. The van der Waals surface area contributed by atoms with Crippen LogP contribution >= 0.6 is 0 Å². The predicted molar refractivity (Wildman–Crippen MR) is 74.5 cm³/mol. The van der Waals surface area contributed by atoms with Crippen molar-refractivity contribution in [3.05, 3.63) is 24.5 Å². The monoisotopic (exact) mass is 271 g/mol. The molecule has 20 heavy (non-hydrogen) atoms. The Hall–Kier alpha value is -2.11. The van der Waals surface area contributed by atoms with Gasteiger partial charge in [0.05, 0.1) is 6.20 Å². The molecule has 2 amide bonds. The molecule has 6 nitrogen and oxygen atoms in total. The molecule has 1 saturated carbocycles. The van der Waals surface area contributed by atoms with Crippen molar-refractivity contribution in [3.63, 3.8) is 0 Å². The van der Waals surface area contributed by atoms with Gasteiger partial charge < -0.3 is 4.90 Å². The molecule has 0 aromatic carbocycles. The Bertz CT molecular complexity index is 652. The molecule has 1 aliphatic carbocycles. The lowest BCUT2D eigenvalue weighted by Gasteiger charge is -2.24. The number of hydrogen-bond acceptors (Lipinski definition) is 3. The number of amides is 2. The van der Waals surface area contributed by atoms with E-state index in [1.807, 2.05) is 11.0 Å². The molecule has 1 aliphatic heterocycles. The second-order valence-electron chi connectivity index (χ2n) is 5.60. The first kappa shape index (κ1) is 11.7. The van der Waals surface area contributed by atoms with Crippen molar-refractivity contribution in [3.8, 4) is 0 Å². The topological polar surface area (TPSA) is 62.5 Å². The molecule has 0 unspecified atom stereocenters. The molecule has 0 spiro atoms. The highest BCUT2D eigenvalue weighted by Crippen LogP contribution is 2.37. The first-order valence-electron chi connectivity index (χ1n) is 7.19. The fourth-order valence-electron chi connectivity index (χ4n) is 3.60. The van der Waals surface area contributed by atoms with E-state index in [1.54, 1.807) is 23.0 Å². The number of aromatic nitrogens is 3. The van der Waals surface area contributed by atoms with Gasteiger partial charge in [-0.25, -0.2) is 9.78 Å². The normalized spacial score (nSPS) is 25.1. The van der Waals surface area contributed by atoms with Crippen LogP contribution in [-0.4, -0.2) is 38.1 Å². The molecular weight excluding hydrogens is 254 g/mol. The Labute approximate surface area is 116 Å². The van der Waals surface area contributed by atoms with Crippen molar-refractivity contribution in [2.24, 2.45) is 5.92 Å². The largest absolute Gasteiger partial charge is 0.323 e. The van der Waals surface area contributed by atoms with Gasteiger partial charge in [-0.2, -0.15) is 9.61 Å². The van der Waals surface area contributed by atoms with Gasteiger partial charge in [-0.15, -0.1) is 0 Å². The molecule has 3 heterocycles. The number of nitrogens with one attached hydrogen (secondary N) is 1. The summed E-state index contributed by atoms with van der Waals surface area (Å²) in [5.74, 6) is 1.38. The van der Waals surface area contributed by atoms with E-state index in [0.29, 0.717) is 17.8 Å². The fraction of sp³-hybridized carbons (Fsp3) is 0.500. The Morgan fingerprint density at radius 2 is 2.20 bits per heavy atom. The van der Waals surface area contributed by atoms with Crippen molar-refractivity contribution in [1.82, 2.24) is 19.5 Å². The van der Waals surface area contributed by atoms with Gasteiger partial charge in [0.1, 0.15) is 5.82 Å². The van der Waals surface area contributed by atoms with E-state index in [4.69, 9.17) is 0 Å². The standard InChI is InChI=1S/C14H17N5O/c20-14(18-9-6-10-2-1-3-11(10)18)17-13-4-7-15-12-5-8-16-19(12)13/h4-5,7-8,10-11H,1-3,6,9H2,(H,17,20)/t10-,11-/m0/s1. The third kappa shape index (κ3) is 1.75. The van der Waals surface area contributed by atoms with Gasteiger partial charge in [0, 0.05) is 24.8 Å². The lowest BCUT2D eigenvalue weighted by atomic mass is 10.1. The van der Waals surface area contributed by atoms with Gasteiger partial charge in [0.25, 0.3) is 0 Å². The maximum Gasteiger partial charge on any atom is 0.323 e. The zero-order valence-corrected chi connectivity index (χ0v) is 11.2. The summed E-state index contributed by atoms with van der Waals surface area (Å²) in [7, 11) is 0. The van der Waals surface area contributed by atoms with E-state index >= 15 is 0 Å². The van der Waals surface area contributed by atoms with Gasteiger partial charge in [-0.3, -0.25) is 5.32 Å². The molecule has 0 bridgehead atoms. The van der Waals surface area contributed by atoms with Crippen LogP contribution < -0.4 is 5.32 Å². The molecule has 2 fully saturated rings. The molecule has 6 heteroatoms. The van der Waals surface area contributed by atoms with E-state index in [1.165, 1.54) is 12.8 Å². The van der Waals surface area contributed by atoms with Crippen LogP contribution in [0.5, 0.6) is 0 Å². The molecule has 2 aliphatic rings. The Morgan fingerprint density at radius 3 is 3.15 bits per heavy atom. The van der Waals surface area contributed by atoms with Gasteiger partial charge in [-0.1, -0.05) is 6.42 Å². The maximum absolute atomic E-state index is 12.5. The highest BCUT2D eigenvalue weighted by molar-refractivity contribution is 5.89. The van der Waals surface area contributed by atoms with E-state index in [-0.39, 0.29) is 6.03 Å². The molecular formula is C14H17N5O. The van der Waals surface area contributed by atoms with Crippen LogP contribution in [0.2, 0.25) is 0 Å². The first-order valence-corrected chi connectivity index (χ1v) is 7.19. The summed E-state index contributed by atoms with van der Waals surface area (Å²) in [6.45, 7) is 0.870. The lowest BCUT2D eigenvalue weighted by molar-refractivity contribution is 0.203. The average molecular weight is 271 g/mol. The minimum absolute atomic E-state index is 0.0117. The van der Waals surface area contributed by atoms with Gasteiger partial charge in [0.2, 0.25) is 0 Å². The number of carbonyl (C=O) groups excluding carboxylic acids is 1. The summed E-state index contributed by atoms with van der Waals surface area (Å²) in [6, 6.07) is 4.02. The summed E-state index contributed by atoms with van der Waals surface area (Å²) >= 11 is 0. The van der Waals surface area contributed by atoms with Crippen LogP contribution in [-0.2, 0) is 0 Å². The number of hydrogen-bond donors (Lipinski definition) is 1. The van der Waals surface area contributed by atoms with Crippen molar-refractivity contribution in [1.29, 1.82) is 0 Å². The highest BCUT2D eigenvalue weighted by atomic mass is 16.2. The van der Waals surface area contributed by atoms with Crippen molar-refractivity contribution in [2.75, 3.05) is 11.9 Å². The summed E-state index contributed by atoms with van der Waals surface area (Å²) in [6.07, 6.45) is 8.18. The van der Waals surface area contributed by atoms with E-state index in [0.717, 1.165) is 25.0 Å². The number of likely N-dealkylation sites (tertiary alicyclic amines) is 1. The molecule has 0 radical (unpaired) electrons. The number of urea groups is 1. The minimum Gasteiger partial charge on any atom is -0.321 e. The van der Waals surface area contributed by atoms with Crippen LogP contribution in [0, 0.1) is 5.92 Å². The van der Waals surface area contributed by atoms with E-state index in [9.17, 15) is 4.79 Å². The Kier molecular flexibility index (Phi) is 2.61. The quantitative estimate of drug-likeness (QED) is 0.864. The second kappa shape index (κ2) is 4.47. The summed E-state index contributed by atoms with van der Waals surface area (Å²) in [5.41, 5.74) is 0.739. The third-order valence-corrected chi connectivity index (χ3v) is 4.55. The zero-order valence-electron chi connectivity index (χ0n) is 11.2. The van der Waals surface area contributed by atoms with Crippen molar-refractivity contribution in [2.45, 2.75) is 31.7 Å². The Balaban J connectivity index is 1.57. The number of anilines is 1. The predicted octanol–water partition coefficient (Wildman–Crippen LogP) is 2.14. The van der Waals surface area contributed by atoms with E-state index < -0.39 is 0 Å². The van der Waals surface area contributed by atoms with Crippen molar-refractivity contribution >= 4 is 17.5 Å². The zero-order chi connectivity index (χ0) is 13.5. The van der Waals surface area contributed by atoms with Gasteiger partial charge in [0.15, 0.2) is 5.65 Å². The fourth-order valence-corrected chi connectivity index (χ4v) is 3.60. The van der Waals surface area contributed by atoms with Gasteiger partial charge in [-0.05, 0) is 31.2 Å². The van der Waals surface area contributed by atoms with Crippen LogP contribution in [0.1, 0.15) is 25.7 Å². The number of nitrogens with zero attached hydrogens (tertiary/aromatic N) is 4. The van der Waals surface area contributed by atoms with Crippen LogP contribution in [0.4, 0.5) is 10.6 Å². The molecule has 2 aromatic heterocycles. The first-order chi connectivity index (χ1) is 9.83. The SMILES string of the molecule is O=C(Nc1ccnc2ccnn12)N1CC[C@@H]2CCC[C@@H]21. The molecule has 2 aromatic rings. The van der Waals surface area contributed by atoms with Crippen LogP contribution in [0.25, 0.3) is 5.65 Å². The number of carbonyl (C=O) groups is 1. The molecule has 1 saturated heterocycles. The number of rotatable bonds is 1. The molecule has 4 rings (SSSR count). The summed E-state index contributed by atoms with van der Waals surface area (Å²) < 4.78 is 1.65. The lowest BCUT2D eigenvalue weighted by Crippen LogP contribution is -2.39. The maximum atomic E-state index is 12.5. The summed E-state index contributed by atoms with van der Waals surface area (Å²) in [4.78, 5) is 18.7. The summed E-state index contributed by atoms with van der Waals surface area (Å²) in [5, 5.41) is 7.16. The van der Waals surface area contributed by atoms with Gasteiger partial charge >= 0.3 is 6.03 Å². The molecule has 2 atom stereocenters. The third-order valence-electron chi connectivity index (χ3n) is 4.55.